The van der Waals surface area contributed by atoms with E-state index in [1.165, 1.54) is 12.1 Å². The van der Waals surface area contributed by atoms with Crippen molar-refractivity contribution in [2.45, 2.75) is 39.2 Å². The third kappa shape index (κ3) is 2.75. The highest BCUT2D eigenvalue weighted by Crippen LogP contribution is 2.49. The van der Waals surface area contributed by atoms with E-state index in [4.69, 9.17) is 0 Å². The first-order valence-electron chi connectivity index (χ1n) is 6.33. The van der Waals surface area contributed by atoms with E-state index in [2.05, 4.69) is 28.2 Å². The van der Waals surface area contributed by atoms with E-state index in [9.17, 15) is 8.78 Å². The van der Waals surface area contributed by atoms with Gasteiger partial charge < -0.3 is 5.32 Å². The smallest absolute Gasteiger partial charge is 0.143 e. The number of rotatable bonds is 5. The van der Waals surface area contributed by atoms with Gasteiger partial charge in [0.1, 0.15) is 11.6 Å². The molecule has 0 heterocycles. The minimum absolute atomic E-state index is 0.140. The molecule has 0 aromatic heterocycles. The zero-order chi connectivity index (χ0) is 13.3. The zero-order valence-corrected chi connectivity index (χ0v) is 12.3. The molecule has 1 atom stereocenters. The molecule has 0 aliphatic heterocycles. The molecule has 0 saturated heterocycles. The Labute approximate surface area is 115 Å². The first kappa shape index (κ1) is 13.9. The molecule has 2 rings (SSSR count). The van der Waals surface area contributed by atoms with Crippen molar-refractivity contribution in [1.82, 2.24) is 5.32 Å². The lowest BCUT2D eigenvalue weighted by Crippen LogP contribution is -2.38. The van der Waals surface area contributed by atoms with Crippen LogP contribution >= 0.6 is 15.9 Å². The van der Waals surface area contributed by atoms with Crippen molar-refractivity contribution in [2.24, 2.45) is 5.41 Å². The predicted molar refractivity (Wildman–Crippen MR) is 72.6 cm³/mol. The average Bonchev–Trinajstić information content (AvgIpc) is 3.07. The fourth-order valence-corrected chi connectivity index (χ4v) is 2.69. The summed E-state index contributed by atoms with van der Waals surface area (Å²) in [5.74, 6) is -0.926. The van der Waals surface area contributed by atoms with Gasteiger partial charge in [-0.15, -0.1) is 0 Å². The Bertz CT molecular complexity index is 444. The molecule has 18 heavy (non-hydrogen) atoms. The van der Waals surface area contributed by atoms with Gasteiger partial charge in [-0.05, 0) is 59.3 Å². The molecule has 0 bridgehead atoms. The fourth-order valence-electron chi connectivity index (χ4n) is 2.32. The van der Waals surface area contributed by atoms with Gasteiger partial charge in [-0.3, -0.25) is 0 Å². The second-order valence-corrected chi connectivity index (χ2v) is 6.14. The molecule has 1 fully saturated rings. The summed E-state index contributed by atoms with van der Waals surface area (Å²) in [6.45, 7) is 5.01. The zero-order valence-electron chi connectivity index (χ0n) is 10.7. The van der Waals surface area contributed by atoms with Crippen molar-refractivity contribution in [3.05, 3.63) is 33.8 Å². The van der Waals surface area contributed by atoms with Crippen LogP contribution in [0.4, 0.5) is 8.78 Å². The van der Waals surface area contributed by atoms with Gasteiger partial charge in [-0.2, -0.15) is 0 Å². The number of nitrogens with one attached hydrogen (secondary N) is 1. The minimum atomic E-state index is -0.470. The molecule has 1 aliphatic rings. The maximum atomic E-state index is 14.0. The van der Waals surface area contributed by atoms with Gasteiger partial charge in [0.2, 0.25) is 0 Å². The van der Waals surface area contributed by atoms with E-state index in [1.54, 1.807) is 0 Å². The predicted octanol–water partition coefficient (Wildman–Crippen LogP) is 4.05. The van der Waals surface area contributed by atoms with E-state index >= 15 is 0 Å². The van der Waals surface area contributed by atoms with E-state index in [-0.39, 0.29) is 17.0 Å². The summed E-state index contributed by atoms with van der Waals surface area (Å²) in [6.07, 6.45) is 2.66. The van der Waals surface area contributed by atoms with E-state index in [0.29, 0.717) is 10.9 Å². The van der Waals surface area contributed by atoms with Gasteiger partial charge in [-0.1, -0.05) is 13.8 Å². The van der Waals surface area contributed by atoms with Crippen LogP contribution in [0.1, 0.15) is 32.3 Å². The van der Waals surface area contributed by atoms with Crippen LogP contribution in [0.25, 0.3) is 0 Å². The van der Waals surface area contributed by atoms with Gasteiger partial charge >= 0.3 is 0 Å². The third-order valence-corrected chi connectivity index (χ3v) is 4.49. The van der Waals surface area contributed by atoms with Crippen molar-refractivity contribution in [2.75, 3.05) is 6.54 Å². The lowest BCUT2D eigenvalue weighted by molar-refractivity contribution is 0.352. The number of halogens is 3. The second-order valence-electron chi connectivity index (χ2n) is 5.29. The summed E-state index contributed by atoms with van der Waals surface area (Å²) in [4.78, 5) is 0. The summed E-state index contributed by atoms with van der Waals surface area (Å²) < 4.78 is 28.0. The van der Waals surface area contributed by atoms with E-state index < -0.39 is 11.6 Å². The Hall–Kier alpha value is -0.480. The van der Waals surface area contributed by atoms with E-state index in [0.717, 1.165) is 19.4 Å². The Morgan fingerprint density at radius 2 is 2.06 bits per heavy atom. The average molecular weight is 318 g/mol. The van der Waals surface area contributed by atoms with Crippen LogP contribution < -0.4 is 5.32 Å². The molecule has 100 valence electrons. The third-order valence-electron chi connectivity index (χ3n) is 3.88. The van der Waals surface area contributed by atoms with Crippen molar-refractivity contribution in [1.29, 1.82) is 0 Å². The largest absolute Gasteiger partial charge is 0.313 e. The van der Waals surface area contributed by atoms with Gasteiger partial charge in [0.15, 0.2) is 0 Å². The van der Waals surface area contributed by atoms with Crippen molar-refractivity contribution < 1.29 is 8.78 Å². The van der Waals surface area contributed by atoms with Gasteiger partial charge in [0, 0.05) is 11.6 Å². The molecular formula is C14H18BrF2N. The van der Waals surface area contributed by atoms with Crippen LogP contribution in [0.2, 0.25) is 0 Å². The standard InChI is InChI=1S/C14H18BrF2N/c1-3-18-12(14(2)6-7-14)8-9-11(16)5-4-10(15)13(9)17/h4-5,12,18H,3,6-8H2,1-2H3. The maximum Gasteiger partial charge on any atom is 0.143 e. The molecule has 1 nitrogen and oxygen atoms in total. The quantitative estimate of drug-likeness (QED) is 0.808. The summed E-state index contributed by atoms with van der Waals surface area (Å²) >= 11 is 3.11. The van der Waals surface area contributed by atoms with Crippen LogP contribution in [0.5, 0.6) is 0 Å². The molecule has 4 heteroatoms. The molecule has 1 aromatic rings. The summed E-state index contributed by atoms with van der Waals surface area (Å²) in [5, 5.41) is 3.36. The summed E-state index contributed by atoms with van der Waals surface area (Å²) in [6, 6.07) is 2.87. The highest BCUT2D eigenvalue weighted by Gasteiger charge is 2.44. The summed E-state index contributed by atoms with van der Waals surface area (Å²) in [5.41, 5.74) is 0.375. The topological polar surface area (TPSA) is 12.0 Å². The molecule has 0 spiro atoms. The molecule has 1 unspecified atom stereocenters. The van der Waals surface area contributed by atoms with Gasteiger partial charge in [0.25, 0.3) is 0 Å². The molecule has 1 N–H and O–H groups in total. The second kappa shape index (κ2) is 5.25. The SMILES string of the molecule is CCNC(Cc1c(F)ccc(Br)c1F)C1(C)CC1. The highest BCUT2D eigenvalue weighted by atomic mass is 79.9. The Morgan fingerprint density at radius 1 is 1.39 bits per heavy atom. The molecule has 0 radical (unpaired) electrons. The normalized spacial score (nSPS) is 18.7. The van der Waals surface area contributed by atoms with E-state index in [1.807, 2.05) is 6.92 Å². The maximum absolute atomic E-state index is 14.0. The van der Waals surface area contributed by atoms with Crippen molar-refractivity contribution >= 4 is 15.9 Å². The monoisotopic (exact) mass is 317 g/mol. The molecule has 1 aromatic carbocycles. The number of hydrogen-bond donors (Lipinski definition) is 1. The lowest BCUT2D eigenvalue weighted by Gasteiger charge is -2.25. The Morgan fingerprint density at radius 3 is 2.61 bits per heavy atom. The molecule has 1 aliphatic carbocycles. The fraction of sp³-hybridized carbons (Fsp3) is 0.571. The van der Waals surface area contributed by atoms with Crippen molar-refractivity contribution in [3.63, 3.8) is 0 Å². The Kier molecular flexibility index (Phi) is 4.07. The number of hydrogen-bond acceptors (Lipinski definition) is 1. The van der Waals surface area contributed by atoms with Crippen LogP contribution in [-0.2, 0) is 6.42 Å². The minimum Gasteiger partial charge on any atom is -0.313 e. The number of benzene rings is 1. The first-order chi connectivity index (χ1) is 8.48. The van der Waals surface area contributed by atoms with Crippen LogP contribution in [0.15, 0.2) is 16.6 Å². The highest BCUT2D eigenvalue weighted by molar-refractivity contribution is 9.10. The van der Waals surface area contributed by atoms with Gasteiger partial charge in [0.05, 0.1) is 4.47 Å². The van der Waals surface area contributed by atoms with Crippen molar-refractivity contribution in [3.8, 4) is 0 Å². The first-order valence-corrected chi connectivity index (χ1v) is 7.13. The van der Waals surface area contributed by atoms with Crippen LogP contribution in [0, 0.1) is 17.0 Å². The summed E-state index contributed by atoms with van der Waals surface area (Å²) in [7, 11) is 0. The van der Waals surface area contributed by atoms with Gasteiger partial charge in [-0.25, -0.2) is 8.78 Å². The molecular weight excluding hydrogens is 300 g/mol. The molecule has 1 saturated carbocycles. The lowest BCUT2D eigenvalue weighted by atomic mass is 9.92. The van der Waals surface area contributed by atoms with Crippen LogP contribution in [-0.4, -0.2) is 12.6 Å². The Balaban J connectivity index is 2.24. The molecule has 0 amide bonds. The number of likely N-dealkylation sites (N-methyl/N-ethyl adjacent to an activating group) is 1. The van der Waals surface area contributed by atoms with Crippen LogP contribution in [0.3, 0.4) is 0 Å².